The highest BCUT2D eigenvalue weighted by Crippen LogP contribution is 2.16. The number of amides is 1. The highest BCUT2D eigenvalue weighted by atomic mass is 35.5. The van der Waals surface area contributed by atoms with Gasteiger partial charge >= 0.3 is 0 Å². The van der Waals surface area contributed by atoms with Gasteiger partial charge in [-0.1, -0.05) is 17.7 Å². The average molecular weight is 277 g/mol. The standard InChI is InChI=1S/C13H13ClN4O/c1-9-12(13(19)17-6-3-7-17)16-18(15-9)11-5-2-4-10(14)8-11/h2,4-5,8H,3,6-7H2,1H3. The lowest BCUT2D eigenvalue weighted by atomic mass is 10.2. The number of halogens is 1. The molecule has 2 heterocycles. The van der Waals surface area contributed by atoms with Gasteiger partial charge in [-0.2, -0.15) is 9.90 Å². The Morgan fingerprint density at radius 3 is 2.74 bits per heavy atom. The molecule has 1 aromatic carbocycles. The molecule has 1 amide bonds. The van der Waals surface area contributed by atoms with Gasteiger partial charge in [-0.25, -0.2) is 0 Å². The molecular weight excluding hydrogens is 264 g/mol. The Hall–Kier alpha value is -1.88. The number of carbonyl (C=O) groups is 1. The van der Waals surface area contributed by atoms with Gasteiger partial charge in [-0.15, -0.1) is 5.10 Å². The summed E-state index contributed by atoms with van der Waals surface area (Å²) in [7, 11) is 0. The van der Waals surface area contributed by atoms with Crippen LogP contribution in [0, 0.1) is 6.92 Å². The van der Waals surface area contributed by atoms with Gasteiger partial charge in [0.05, 0.1) is 11.4 Å². The first-order valence-corrected chi connectivity index (χ1v) is 6.52. The Bertz CT molecular complexity index is 633. The monoisotopic (exact) mass is 276 g/mol. The van der Waals surface area contributed by atoms with Crippen LogP contribution in [0.25, 0.3) is 5.69 Å². The van der Waals surface area contributed by atoms with Crippen molar-refractivity contribution in [2.45, 2.75) is 13.3 Å². The molecule has 19 heavy (non-hydrogen) atoms. The molecule has 2 aromatic rings. The van der Waals surface area contributed by atoms with Gasteiger partial charge in [0.15, 0.2) is 5.69 Å². The number of carbonyl (C=O) groups excluding carboxylic acids is 1. The Morgan fingerprint density at radius 1 is 1.32 bits per heavy atom. The molecule has 6 heteroatoms. The molecular formula is C13H13ClN4O. The first-order valence-electron chi connectivity index (χ1n) is 6.14. The zero-order valence-electron chi connectivity index (χ0n) is 10.5. The summed E-state index contributed by atoms with van der Waals surface area (Å²) in [6.07, 6.45) is 1.06. The van der Waals surface area contributed by atoms with Crippen molar-refractivity contribution in [1.29, 1.82) is 0 Å². The topological polar surface area (TPSA) is 51.0 Å². The SMILES string of the molecule is Cc1nn(-c2cccc(Cl)c2)nc1C(=O)N1CCC1. The van der Waals surface area contributed by atoms with E-state index in [1.165, 1.54) is 4.80 Å². The molecule has 0 N–H and O–H groups in total. The van der Waals surface area contributed by atoms with E-state index in [0.717, 1.165) is 25.2 Å². The van der Waals surface area contributed by atoms with E-state index in [4.69, 9.17) is 11.6 Å². The third-order valence-electron chi connectivity index (χ3n) is 3.17. The Morgan fingerprint density at radius 2 is 2.11 bits per heavy atom. The fourth-order valence-corrected chi connectivity index (χ4v) is 2.15. The van der Waals surface area contributed by atoms with Crippen LogP contribution < -0.4 is 0 Å². The number of nitrogens with zero attached hydrogens (tertiary/aromatic N) is 4. The van der Waals surface area contributed by atoms with Crippen molar-refractivity contribution in [3.05, 3.63) is 40.7 Å². The van der Waals surface area contributed by atoms with Gasteiger partial charge in [0.25, 0.3) is 5.91 Å². The van der Waals surface area contributed by atoms with Gasteiger partial charge in [0.1, 0.15) is 0 Å². The highest BCUT2D eigenvalue weighted by molar-refractivity contribution is 6.30. The summed E-state index contributed by atoms with van der Waals surface area (Å²) in [6.45, 7) is 3.41. The summed E-state index contributed by atoms with van der Waals surface area (Å²) in [5, 5.41) is 9.18. The second-order valence-corrected chi connectivity index (χ2v) is 4.99. The number of aromatic nitrogens is 3. The minimum atomic E-state index is -0.0444. The van der Waals surface area contributed by atoms with Gasteiger partial charge in [0, 0.05) is 18.1 Å². The van der Waals surface area contributed by atoms with Crippen LogP contribution in [0.1, 0.15) is 22.6 Å². The first-order chi connectivity index (χ1) is 9.15. The van der Waals surface area contributed by atoms with Crippen LogP contribution in [0.4, 0.5) is 0 Å². The van der Waals surface area contributed by atoms with E-state index in [2.05, 4.69) is 10.2 Å². The third-order valence-corrected chi connectivity index (χ3v) is 3.40. The largest absolute Gasteiger partial charge is 0.337 e. The fourth-order valence-electron chi connectivity index (χ4n) is 1.96. The summed E-state index contributed by atoms with van der Waals surface area (Å²) >= 11 is 5.94. The molecule has 5 nitrogen and oxygen atoms in total. The summed E-state index contributed by atoms with van der Waals surface area (Å²) in [5.74, 6) is -0.0444. The van der Waals surface area contributed by atoms with Crippen molar-refractivity contribution >= 4 is 17.5 Å². The minimum absolute atomic E-state index is 0.0444. The normalized spacial score (nSPS) is 14.3. The molecule has 1 fully saturated rings. The van der Waals surface area contributed by atoms with E-state index in [0.29, 0.717) is 16.4 Å². The molecule has 0 bridgehead atoms. The second kappa shape index (κ2) is 4.66. The second-order valence-electron chi connectivity index (χ2n) is 4.55. The van der Waals surface area contributed by atoms with Crippen molar-refractivity contribution in [1.82, 2.24) is 19.9 Å². The quantitative estimate of drug-likeness (QED) is 0.844. The van der Waals surface area contributed by atoms with E-state index in [1.807, 2.05) is 12.1 Å². The minimum Gasteiger partial charge on any atom is -0.337 e. The maximum atomic E-state index is 12.1. The lowest BCUT2D eigenvalue weighted by Gasteiger charge is -2.30. The van der Waals surface area contributed by atoms with Crippen LogP contribution in [0.2, 0.25) is 5.02 Å². The third kappa shape index (κ3) is 2.21. The van der Waals surface area contributed by atoms with E-state index in [1.54, 1.807) is 24.0 Å². The number of benzene rings is 1. The average Bonchev–Trinajstić information content (AvgIpc) is 2.69. The van der Waals surface area contributed by atoms with Crippen LogP contribution in [-0.4, -0.2) is 38.9 Å². The van der Waals surface area contributed by atoms with E-state index >= 15 is 0 Å². The van der Waals surface area contributed by atoms with Crippen molar-refractivity contribution in [2.75, 3.05) is 13.1 Å². The molecule has 98 valence electrons. The molecule has 1 aromatic heterocycles. The van der Waals surface area contributed by atoms with Gasteiger partial charge in [-0.3, -0.25) is 4.79 Å². The number of hydrogen-bond acceptors (Lipinski definition) is 3. The Labute approximate surface area is 115 Å². The van der Waals surface area contributed by atoms with Crippen LogP contribution in [0.3, 0.4) is 0 Å². The molecule has 1 aliphatic heterocycles. The van der Waals surface area contributed by atoms with Crippen LogP contribution in [0.5, 0.6) is 0 Å². The highest BCUT2D eigenvalue weighted by Gasteiger charge is 2.26. The fraction of sp³-hybridized carbons (Fsp3) is 0.308. The van der Waals surface area contributed by atoms with Gasteiger partial charge in [-0.05, 0) is 31.5 Å². The predicted octanol–water partition coefficient (Wildman–Crippen LogP) is 2.08. The zero-order chi connectivity index (χ0) is 13.4. The lowest BCUT2D eigenvalue weighted by Crippen LogP contribution is -2.42. The van der Waals surface area contributed by atoms with Crippen LogP contribution >= 0.6 is 11.6 Å². The van der Waals surface area contributed by atoms with E-state index < -0.39 is 0 Å². The Kier molecular flexibility index (Phi) is 2.98. The van der Waals surface area contributed by atoms with Crippen LogP contribution in [0.15, 0.2) is 24.3 Å². The molecule has 0 radical (unpaired) electrons. The summed E-state index contributed by atoms with van der Waals surface area (Å²) in [5.41, 5.74) is 1.80. The maximum absolute atomic E-state index is 12.1. The first kappa shape index (κ1) is 12.2. The Balaban J connectivity index is 1.94. The lowest BCUT2D eigenvalue weighted by molar-refractivity contribution is 0.0644. The van der Waals surface area contributed by atoms with Gasteiger partial charge < -0.3 is 4.90 Å². The number of aryl methyl sites for hydroxylation is 1. The van der Waals surface area contributed by atoms with Crippen molar-refractivity contribution in [3.8, 4) is 5.69 Å². The molecule has 0 atom stereocenters. The molecule has 0 aliphatic carbocycles. The van der Waals surface area contributed by atoms with E-state index in [-0.39, 0.29) is 5.91 Å². The number of likely N-dealkylation sites (tertiary alicyclic amines) is 1. The number of rotatable bonds is 2. The smallest absolute Gasteiger partial charge is 0.276 e. The zero-order valence-corrected chi connectivity index (χ0v) is 11.3. The predicted molar refractivity (Wildman–Crippen MR) is 71.6 cm³/mol. The molecule has 0 unspecified atom stereocenters. The van der Waals surface area contributed by atoms with E-state index in [9.17, 15) is 4.79 Å². The van der Waals surface area contributed by atoms with Crippen molar-refractivity contribution in [3.63, 3.8) is 0 Å². The molecule has 3 rings (SSSR count). The number of hydrogen-bond donors (Lipinski definition) is 0. The van der Waals surface area contributed by atoms with Gasteiger partial charge in [0.2, 0.25) is 0 Å². The summed E-state index contributed by atoms with van der Waals surface area (Å²) < 4.78 is 0. The molecule has 0 spiro atoms. The molecule has 1 saturated heterocycles. The summed E-state index contributed by atoms with van der Waals surface area (Å²) in [6, 6.07) is 7.23. The van der Waals surface area contributed by atoms with Crippen LogP contribution in [-0.2, 0) is 0 Å². The molecule has 0 saturated carbocycles. The maximum Gasteiger partial charge on any atom is 0.276 e. The van der Waals surface area contributed by atoms with Crippen molar-refractivity contribution < 1.29 is 4.79 Å². The summed E-state index contributed by atoms with van der Waals surface area (Å²) in [4.78, 5) is 15.4. The van der Waals surface area contributed by atoms with Crippen molar-refractivity contribution in [2.24, 2.45) is 0 Å². The molecule has 1 aliphatic rings.